The number of nitrogens with one attached hydrogen (secondary N) is 1. The van der Waals surface area contributed by atoms with Crippen LogP contribution in [0.5, 0.6) is 0 Å². The molecule has 0 radical (unpaired) electrons. The van der Waals surface area contributed by atoms with Crippen LogP contribution in [-0.4, -0.2) is 36.1 Å². The Morgan fingerprint density at radius 3 is 2.65 bits per heavy atom. The van der Waals surface area contributed by atoms with Crippen LogP contribution in [0.2, 0.25) is 0 Å². The third-order valence-corrected chi connectivity index (χ3v) is 6.48. The molecule has 136 valence electrons. The summed E-state index contributed by atoms with van der Waals surface area (Å²) in [5.41, 5.74) is 1.92. The molecule has 3 atom stereocenters. The molecule has 5 nitrogen and oxygen atoms in total. The number of aryl methyl sites for hydroxylation is 1. The van der Waals surface area contributed by atoms with Gasteiger partial charge < -0.3 is 4.90 Å². The van der Waals surface area contributed by atoms with Gasteiger partial charge in [-0.25, -0.2) is 9.69 Å². The minimum absolute atomic E-state index is 0.0973. The fraction of sp³-hybridized carbons (Fsp3) is 0.400. The highest BCUT2D eigenvalue weighted by atomic mass is 32.1. The maximum atomic E-state index is 13.0. The molecule has 2 aliphatic rings. The highest BCUT2D eigenvalue weighted by Crippen LogP contribution is 2.27. The van der Waals surface area contributed by atoms with Crippen LogP contribution >= 0.6 is 11.3 Å². The van der Waals surface area contributed by atoms with Gasteiger partial charge in [0, 0.05) is 18.5 Å². The average Bonchev–Trinajstić information content (AvgIpc) is 3.35. The van der Waals surface area contributed by atoms with E-state index in [1.165, 1.54) is 14.7 Å². The summed E-state index contributed by atoms with van der Waals surface area (Å²) in [7, 11) is 0. The Kier molecular flexibility index (Phi) is 4.54. The number of imide groups is 1. The van der Waals surface area contributed by atoms with E-state index in [9.17, 15) is 9.59 Å². The van der Waals surface area contributed by atoms with Gasteiger partial charge in [-0.15, -0.1) is 11.3 Å². The fourth-order valence-electron chi connectivity index (χ4n) is 4.05. The van der Waals surface area contributed by atoms with E-state index in [0.717, 1.165) is 30.6 Å². The molecule has 0 spiro atoms. The number of hydrogen-bond donors (Lipinski definition) is 1. The van der Waals surface area contributed by atoms with Crippen molar-refractivity contribution in [3.05, 3.63) is 52.2 Å². The molecular formula is C20H24N3O2S+. The molecule has 0 saturated carbocycles. The maximum Gasteiger partial charge on any atom is 0.336 e. The van der Waals surface area contributed by atoms with E-state index in [-0.39, 0.29) is 11.9 Å². The molecule has 3 amide bonds. The highest BCUT2D eigenvalue weighted by Gasteiger charge is 2.46. The van der Waals surface area contributed by atoms with E-state index >= 15 is 0 Å². The van der Waals surface area contributed by atoms with Gasteiger partial charge in [0.15, 0.2) is 6.67 Å². The number of nitrogens with zero attached hydrogens (tertiary/aromatic N) is 2. The molecule has 0 aliphatic carbocycles. The van der Waals surface area contributed by atoms with Gasteiger partial charge >= 0.3 is 6.03 Å². The van der Waals surface area contributed by atoms with Crippen molar-refractivity contribution < 1.29 is 14.5 Å². The van der Waals surface area contributed by atoms with Gasteiger partial charge in [-0.2, -0.15) is 0 Å². The van der Waals surface area contributed by atoms with Gasteiger partial charge in [0.2, 0.25) is 0 Å². The van der Waals surface area contributed by atoms with Crippen LogP contribution in [-0.2, 0) is 4.79 Å². The van der Waals surface area contributed by atoms with E-state index in [0.29, 0.717) is 12.7 Å². The molecular weight excluding hydrogens is 346 g/mol. The topological polar surface area (TPSA) is 45.1 Å². The van der Waals surface area contributed by atoms with Gasteiger partial charge in [0.05, 0.1) is 11.4 Å². The number of hydrogen-bond acceptors (Lipinski definition) is 3. The summed E-state index contributed by atoms with van der Waals surface area (Å²) >= 11 is 1.76. The lowest BCUT2D eigenvalue weighted by Crippen LogP contribution is -3.12. The molecule has 2 saturated heterocycles. The predicted molar refractivity (Wildman–Crippen MR) is 102 cm³/mol. The molecule has 1 aromatic heterocycles. The number of amides is 3. The summed E-state index contributed by atoms with van der Waals surface area (Å²) in [5.74, 6) is -0.0973. The zero-order valence-corrected chi connectivity index (χ0v) is 16.0. The van der Waals surface area contributed by atoms with Crippen LogP contribution in [0, 0.1) is 6.92 Å². The maximum absolute atomic E-state index is 13.0. The number of carbonyl (C=O) groups is 2. The second-order valence-electron chi connectivity index (χ2n) is 7.21. The zero-order chi connectivity index (χ0) is 18.3. The van der Waals surface area contributed by atoms with Crippen molar-refractivity contribution in [2.45, 2.75) is 38.8 Å². The Hall–Kier alpha value is -2.18. The number of likely N-dealkylation sites (tertiary alicyclic amines) is 1. The van der Waals surface area contributed by atoms with Crippen LogP contribution < -0.4 is 9.80 Å². The van der Waals surface area contributed by atoms with Crippen LogP contribution in [0.3, 0.4) is 0 Å². The Labute approximate surface area is 157 Å². The van der Waals surface area contributed by atoms with Gasteiger partial charge in [0.25, 0.3) is 5.91 Å². The van der Waals surface area contributed by atoms with Crippen molar-refractivity contribution in [3.8, 4) is 0 Å². The molecule has 3 heterocycles. The Morgan fingerprint density at radius 2 is 1.96 bits per heavy atom. The predicted octanol–water partition coefficient (Wildman–Crippen LogP) is 2.59. The standard InChI is InChI=1S/C20H23N3O2S/c1-14-7-9-16(10-8-14)23-15(2)19(24)22(20(23)25)13-21-11-3-5-17(21)18-6-4-12-26-18/h4,6-10,12,15,17H,3,5,11,13H2,1-2H3/p+1/t15-,17-/m1/s1. The summed E-state index contributed by atoms with van der Waals surface area (Å²) in [6, 6.07) is 11.7. The van der Waals surface area contributed by atoms with Crippen molar-refractivity contribution >= 4 is 29.0 Å². The average molecular weight is 370 g/mol. The van der Waals surface area contributed by atoms with Crippen molar-refractivity contribution in [1.29, 1.82) is 0 Å². The quantitative estimate of drug-likeness (QED) is 0.841. The minimum Gasteiger partial charge on any atom is -0.310 e. The molecule has 26 heavy (non-hydrogen) atoms. The number of carbonyl (C=O) groups excluding carboxylic acids is 2. The van der Waals surface area contributed by atoms with E-state index in [4.69, 9.17) is 0 Å². The van der Waals surface area contributed by atoms with Crippen molar-refractivity contribution in [3.63, 3.8) is 0 Å². The fourth-order valence-corrected chi connectivity index (χ4v) is 4.97. The summed E-state index contributed by atoms with van der Waals surface area (Å²) < 4.78 is 0. The Bertz CT molecular complexity index is 803. The smallest absolute Gasteiger partial charge is 0.310 e. The molecule has 1 N–H and O–H groups in total. The van der Waals surface area contributed by atoms with Gasteiger partial charge in [0.1, 0.15) is 12.1 Å². The number of benzene rings is 1. The van der Waals surface area contributed by atoms with Crippen LogP contribution in [0.15, 0.2) is 41.8 Å². The number of urea groups is 1. The molecule has 0 bridgehead atoms. The summed E-state index contributed by atoms with van der Waals surface area (Å²) in [5, 5.41) is 2.10. The minimum atomic E-state index is -0.451. The summed E-state index contributed by atoms with van der Waals surface area (Å²) in [6.07, 6.45) is 2.24. The Morgan fingerprint density at radius 1 is 1.19 bits per heavy atom. The van der Waals surface area contributed by atoms with Crippen LogP contribution in [0.25, 0.3) is 0 Å². The lowest BCUT2D eigenvalue weighted by molar-refractivity contribution is -0.925. The largest absolute Gasteiger partial charge is 0.336 e. The van der Waals surface area contributed by atoms with E-state index < -0.39 is 6.04 Å². The SMILES string of the molecule is Cc1ccc(N2C(=O)N(C[NH+]3CCC[C@@H]3c3cccs3)C(=O)[C@H]2C)cc1. The number of quaternary nitrogens is 1. The number of anilines is 1. The highest BCUT2D eigenvalue weighted by molar-refractivity contribution is 7.10. The monoisotopic (exact) mass is 370 g/mol. The normalized spacial score (nSPS) is 26.2. The van der Waals surface area contributed by atoms with Crippen molar-refractivity contribution in [2.24, 2.45) is 0 Å². The summed E-state index contributed by atoms with van der Waals surface area (Å²) in [6.45, 7) is 5.28. The van der Waals surface area contributed by atoms with Crippen molar-refractivity contribution in [1.82, 2.24) is 4.90 Å². The lowest BCUT2D eigenvalue weighted by atomic mass is 10.2. The zero-order valence-electron chi connectivity index (χ0n) is 15.1. The molecule has 2 aromatic rings. The third kappa shape index (κ3) is 2.93. The first-order chi connectivity index (χ1) is 12.6. The molecule has 2 fully saturated rings. The first kappa shape index (κ1) is 17.2. The van der Waals surface area contributed by atoms with Gasteiger partial charge in [-0.3, -0.25) is 9.69 Å². The summed E-state index contributed by atoms with van der Waals surface area (Å²) in [4.78, 5) is 31.5. The van der Waals surface area contributed by atoms with Crippen molar-refractivity contribution in [2.75, 3.05) is 18.1 Å². The van der Waals surface area contributed by atoms with E-state index in [2.05, 4.69) is 17.5 Å². The first-order valence-electron chi connectivity index (χ1n) is 9.15. The molecule has 1 aromatic carbocycles. The lowest BCUT2D eigenvalue weighted by Gasteiger charge is -2.25. The van der Waals surface area contributed by atoms with Gasteiger partial charge in [-0.05, 0) is 37.4 Å². The second-order valence-corrected chi connectivity index (χ2v) is 8.19. The Balaban J connectivity index is 1.54. The third-order valence-electron chi connectivity index (χ3n) is 5.49. The van der Waals surface area contributed by atoms with Gasteiger partial charge in [-0.1, -0.05) is 23.8 Å². The van der Waals surface area contributed by atoms with E-state index in [1.54, 1.807) is 16.2 Å². The van der Waals surface area contributed by atoms with Crippen LogP contribution in [0.4, 0.5) is 10.5 Å². The number of rotatable bonds is 4. The molecule has 1 unspecified atom stereocenters. The van der Waals surface area contributed by atoms with Crippen LogP contribution in [0.1, 0.15) is 36.2 Å². The second kappa shape index (κ2) is 6.85. The van der Waals surface area contributed by atoms with E-state index in [1.807, 2.05) is 38.1 Å². The molecule has 6 heteroatoms. The molecule has 4 rings (SSSR count). The molecule has 2 aliphatic heterocycles. The number of thiophene rings is 1. The first-order valence-corrected chi connectivity index (χ1v) is 10.0.